The quantitative estimate of drug-likeness (QED) is 0.528. The van der Waals surface area contributed by atoms with Gasteiger partial charge < -0.3 is 0 Å². The molecule has 8 heteroatoms. The molecule has 2 aromatic rings. The Bertz CT molecular complexity index is 1350. The van der Waals surface area contributed by atoms with Gasteiger partial charge in [0.05, 0.1) is 5.71 Å². The summed E-state index contributed by atoms with van der Waals surface area (Å²) in [5.41, 5.74) is 10.5. The van der Waals surface area contributed by atoms with Gasteiger partial charge in [0, 0.05) is 47.0 Å². The molecular formula is C31H36N6O2. The van der Waals surface area contributed by atoms with Crippen LogP contribution in [-0.2, 0) is 0 Å². The second-order valence-electron chi connectivity index (χ2n) is 12.0. The van der Waals surface area contributed by atoms with Gasteiger partial charge in [-0.15, -0.1) is 0 Å². The predicted molar refractivity (Wildman–Crippen MR) is 150 cm³/mol. The maximum Gasteiger partial charge on any atom is 0.271 e. The lowest BCUT2D eigenvalue weighted by atomic mass is 9.47. The van der Waals surface area contributed by atoms with Crippen LogP contribution in [0.15, 0.2) is 70.9 Å². The minimum absolute atomic E-state index is 0.0444. The molecule has 2 aromatic heterocycles. The van der Waals surface area contributed by atoms with Crippen molar-refractivity contribution in [3.05, 3.63) is 71.8 Å². The smallest absolute Gasteiger partial charge is 0.267 e. The van der Waals surface area contributed by atoms with Crippen molar-refractivity contribution < 1.29 is 9.59 Å². The first-order chi connectivity index (χ1) is 18.9. The predicted octanol–water partition coefficient (Wildman–Crippen LogP) is 5.31. The summed E-state index contributed by atoms with van der Waals surface area (Å²) in [7, 11) is 0. The zero-order valence-corrected chi connectivity index (χ0v) is 22.7. The lowest BCUT2D eigenvalue weighted by molar-refractivity contribution is -0.0155. The first-order valence-corrected chi connectivity index (χ1v) is 14.1. The number of nitrogens with one attached hydrogen (secondary N) is 2. The molecule has 4 aliphatic rings. The summed E-state index contributed by atoms with van der Waals surface area (Å²) in [5.74, 6) is 1.53. The van der Waals surface area contributed by atoms with E-state index < -0.39 is 0 Å². The number of carbonyl (C=O) groups excluding carboxylic acids is 2. The fraction of sp³-hybridized carbons (Fsp3) is 0.484. The van der Waals surface area contributed by atoms with E-state index in [0.29, 0.717) is 28.9 Å². The van der Waals surface area contributed by atoms with E-state index in [4.69, 9.17) is 5.10 Å². The van der Waals surface area contributed by atoms with E-state index in [1.807, 2.05) is 0 Å². The van der Waals surface area contributed by atoms with Gasteiger partial charge in [-0.1, -0.05) is 19.4 Å². The molecule has 3 saturated carbocycles. The van der Waals surface area contributed by atoms with Crippen LogP contribution in [0, 0.1) is 28.6 Å². The fourth-order valence-electron chi connectivity index (χ4n) is 8.01. The Kier molecular flexibility index (Phi) is 6.65. The molecular weight excluding hydrogens is 488 g/mol. The molecule has 0 spiro atoms. The number of amides is 2. The number of allylic oxidation sites excluding steroid dienone is 2. The van der Waals surface area contributed by atoms with Crippen LogP contribution in [0.1, 0.15) is 85.9 Å². The Morgan fingerprint density at radius 3 is 2.05 bits per heavy atom. The van der Waals surface area contributed by atoms with E-state index in [-0.39, 0.29) is 22.6 Å². The first-order valence-electron chi connectivity index (χ1n) is 14.1. The summed E-state index contributed by atoms with van der Waals surface area (Å²) >= 11 is 0. The Morgan fingerprint density at radius 1 is 0.769 bits per heavy atom. The van der Waals surface area contributed by atoms with E-state index in [2.05, 4.69) is 45.8 Å². The second-order valence-corrected chi connectivity index (χ2v) is 12.0. The molecule has 4 aliphatic carbocycles. The van der Waals surface area contributed by atoms with Gasteiger partial charge in [0.2, 0.25) is 0 Å². The van der Waals surface area contributed by atoms with Crippen LogP contribution in [0.4, 0.5) is 0 Å². The molecule has 0 aliphatic heterocycles. The van der Waals surface area contributed by atoms with E-state index >= 15 is 0 Å². The summed E-state index contributed by atoms with van der Waals surface area (Å²) in [5, 5.41) is 9.17. The van der Waals surface area contributed by atoms with Crippen molar-refractivity contribution in [2.24, 2.45) is 38.8 Å². The molecule has 202 valence electrons. The Hall–Kier alpha value is -3.68. The van der Waals surface area contributed by atoms with Crippen LogP contribution in [-0.4, -0.2) is 33.2 Å². The number of pyridine rings is 2. The van der Waals surface area contributed by atoms with Gasteiger partial charge in [0.15, 0.2) is 0 Å². The molecule has 2 N–H and O–H groups in total. The first kappa shape index (κ1) is 25.6. The molecule has 6 rings (SSSR count). The van der Waals surface area contributed by atoms with Crippen molar-refractivity contribution in [3.8, 4) is 0 Å². The van der Waals surface area contributed by atoms with Gasteiger partial charge >= 0.3 is 0 Å². The van der Waals surface area contributed by atoms with E-state index in [1.165, 1.54) is 18.4 Å². The summed E-state index contributed by atoms with van der Waals surface area (Å²) in [6, 6.07) is 6.81. The highest BCUT2D eigenvalue weighted by atomic mass is 16.2. The number of aromatic nitrogens is 2. The number of hydrazone groups is 2. The van der Waals surface area contributed by atoms with Gasteiger partial charge in [0.1, 0.15) is 0 Å². The summed E-state index contributed by atoms with van der Waals surface area (Å²) in [4.78, 5) is 33.0. The van der Waals surface area contributed by atoms with Crippen LogP contribution < -0.4 is 10.9 Å². The Labute approximate surface area is 229 Å². The number of rotatable bonds is 4. The zero-order chi connectivity index (χ0) is 27.0. The number of carbonyl (C=O) groups is 2. The van der Waals surface area contributed by atoms with Gasteiger partial charge in [-0.05, 0) is 105 Å². The molecule has 0 bridgehead atoms. The standard InChI is InChI=1S/C31H36N6O2/c1-30-13-7-23(34-36-28(38)20-9-15-32-16-10-20)19-22(30)3-4-24-25-5-6-27(31(25,2)14-8-26(24)30)35-37-29(39)21-11-17-33-18-12-21/h9-12,15-19,24-26H,3-8,13-14H2,1-2H3,(H,36,38)(H,37,39)/b34-23+,35-27+/t24-,25-,26-,30-,31-/m0/s1. The normalized spacial score (nSPS) is 33.5. The van der Waals surface area contributed by atoms with E-state index in [9.17, 15) is 9.59 Å². The van der Waals surface area contributed by atoms with Gasteiger partial charge in [-0.2, -0.15) is 10.2 Å². The largest absolute Gasteiger partial charge is 0.271 e. The van der Waals surface area contributed by atoms with Gasteiger partial charge in [0.25, 0.3) is 11.8 Å². The molecule has 0 radical (unpaired) electrons. The number of nitrogens with zero attached hydrogens (tertiary/aromatic N) is 4. The van der Waals surface area contributed by atoms with E-state index in [0.717, 1.165) is 49.9 Å². The molecule has 5 atom stereocenters. The second kappa shape index (κ2) is 10.1. The lowest BCUT2D eigenvalue weighted by Gasteiger charge is -2.57. The molecule has 39 heavy (non-hydrogen) atoms. The average molecular weight is 525 g/mol. The van der Waals surface area contributed by atoms with Crippen LogP contribution in [0.3, 0.4) is 0 Å². The molecule has 2 heterocycles. The lowest BCUT2D eigenvalue weighted by Crippen LogP contribution is -2.50. The summed E-state index contributed by atoms with van der Waals surface area (Å²) in [6.07, 6.45) is 17.3. The van der Waals surface area contributed by atoms with Gasteiger partial charge in [-0.3, -0.25) is 19.6 Å². The summed E-state index contributed by atoms with van der Waals surface area (Å²) < 4.78 is 0. The minimum atomic E-state index is -0.206. The van der Waals surface area contributed by atoms with Crippen LogP contribution >= 0.6 is 0 Å². The van der Waals surface area contributed by atoms with Gasteiger partial charge in [-0.25, -0.2) is 10.9 Å². The Morgan fingerprint density at radius 2 is 1.38 bits per heavy atom. The maximum atomic E-state index is 12.6. The van der Waals surface area contributed by atoms with Crippen molar-refractivity contribution in [1.29, 1.82) is 0 Å². The molecule has 0 unspecified atom stereocenters. The van der Waals surface area contributed by atoms with Crippen LogP contribution in [0.25, 0.3) is 0 Å². The van der Waals surface area contributed by atoms with Crippen molar-refractivity contribution >= 4 is 23.2 Å². The average Bonchev–Trinajstić information content (AvgIpc) is 3.31. The van der Waals surface area contributed by atoms with Crippen molar-refractivity contribution in [3.63, 3.8) is 0 Å². The topological polar surface area (TPSA) is 109 Å². The van der Waals surface area contributed by atoms with Crippen molar-refractivity contribution in [2.45, 2.75) is 65.2 Å². The van der Waals surface area contributed by atoms with Crippen molar-refractivity contribution in [2.75, 3.05) is 0 Å². The fourth-order valence-corrected chi connectivity index (χ4v) is 8.01. The highest BCUT2D eigenvalue weighted by Gasteiger charge is 2.58. The van der Waals surface area contributed by atoms with Crippen molar-refractivity contribution in [1.82, 2.24) is 20.8 Å². The number of hydrogen-bond acceptors (Lipinski definition) is 6. The highest BCUT2D eigenvalue weighted by Crippen LogP contribution is 2.64. The third kappa shape index (κ3) is 4.60. The number of hydrogen-bond donors (Lipinski definition) is 2. The van der Waals surface area contributed by atoms with E-state index in [1.54, 1.807) is 49.1 Å². The Balaban J connectivity index is 1.15. The monoisotopic (exact) mass is 524 g/mol. The molecule has 0 saturated heterocycles. The SMILES string of the molecule is C[C@]12CC/C(=N\NC(=O)c3ccncc3)C=C1CC[C@@H]1[C@@H]2CC[C@]2(C)/C(=N/NC(=O)c3ccncc3)CC[C@@H]12. The maximum absolute atomic E-state index is 12.6. The third-order valence-corrected chi connectivity index (χ3v) is 10.2. The number of fused-ring (bicyclic) bond motifs is 5. The highest BCUT2D eigenvalue weighted by molar-refractivity contribution is 6.00. The molecule has 3 fully saturated rings. The van der Waals surface area contributed by atoms with Crippen LogP contribution in [0.5, 0.6) is 0 Å². The van der Waals surface area contributed by atoms with Crippen LogP contribution in [0.2, 0.25) is 0 Å². The minimum Gasteiger partial charge on any atom is -0.267 e. The third-order valence-electron chi connectivity index (χ3n) is 10.2. The zero-order valence-electron chi connectivity index (χ0n) is 22.7. The summed E-state index contributed by atoms with van der Waals surface area (Å²) in [6.45, 7) is 4.84. The molecule has 2 amide bonds. The molecule has 0 aromatic carbocycles. The molecule has 8 nitrogen and oxygen atoms in total.